The largest absolute Gasteiger partial charge is 0.417 e. The lowest BCUT2D eigenvalue weighted by Crippen LogP contribution is -2.16. The van der Waals surface area contributed by atoms with E-state index in [0.717, 1.165) is 6.07 Å². The first-order chi connectivity index (χ1) is 9.19. The van der Waals surface area contributed by atoms with Gasteiger partial charge in [-0.3, -0.25) is 0 Å². The number of alkyl halides is 6. The normalized spacial score (nSPS) is 12.5. The molecule has 0 aliphatic carbocycles. The van der Waals surface area contributed by atoms with E-state index in [-0.39, 0.29) is 11.3 Å². The second-order valence-electron chi connectivity index (χ2n) is 3.80. The van der Waals surface area contributed by atoms with Gasteiger partial charge in [0.1, 0.15) is 6.20 Å². The molecule has 0 saturated carbocycles. The van der Waals surface area contributed by atoms with Gasteiger partial charge in [-0.25, -0.2) is 0 Å². The zero-order valence-corrected chi connectivity index (χ0v) is 9.55. The average Bonchev–Trinajstić information content (AvgIpc) is 2.37. The Morgan fingerprint density at radius 3 is 2.00 bits per heavy atom. The molecule has 1 heterocycles. The fourth-order valence-electron chi connectivity index (χ4n) is 1.60. The zero-order valence-electron chi connectivity index (χ0n) is 9.55. The van der Waals surface area contributed by atoms with Gasteiger partial charge >= 0.3 is 12.4 Å². The number of aromatic nitrogens is 2. The van der Waals surface area contributed by atoms with Crippen LogP contribution in [0.3, 0.4) is 0 Å². The predicted molar refractivity (Wildman–Crippen MR) is 56.3 cm³/mol. The molecular formula is C12H5F6N2. The van der Waals surface area contributed by atoms with Gasteiger partial charge in [0.25, 0.3) is 0 Å². The lowest BCUT2D eigenvalue weighted by atomic mass is 10.0. The van der Waals surface area contributed by atoms with Gasteiger partial charge in [-0.1, -0.05) is 6.07 Å². The van der Waals surface area contributed by atoms with E-state index in [1.807, 2.05) is 0 Å². The molecule has 0 spiro atoms. The standard InChI is InChI=1S/C12H5F6N2/c13-11(14,15)8-4-3-7(6-9(8)12(16,17)18)10-2-1-5-19-20-10/h1-4,6H. The molecule has 0 atom stereocenters. The first kappa shape index (κ1) is 14.3. The van der Waals surface area contributed by atoms with Crippen molar-refractivity contribution in [3.63, 3.8) is 0 Å². The lowest BCUT2D eigenvalue weighted by Gasteiger charge is -2.16. The van der Waals surface area contributed by atoms with Crippen molar-refractivity contribution in [3.05, 3.63) is 47.7 Å². The molecule has 2 aromatic rings. The van der Waals surface area contributed by atoms with Crippen LogP contribution in [0.25, 0.3) is 11.3 Å². The van der Waals surface area contributed by atoms with Crippen LogP contribution in [-0.2, 0) is 12.4 Å². The average molecular weight is 291 g/mol. The first-order valence-electron chi connectivity index (χ1n) is 5.18. The van der Waals surface area contributed by atoms with Gasteiger partial charge < -0.3 is 0 Å². The summed E-state index contributed by atoms with van der Waals surface area (Å²) in [5.74, 6) is 0. The Balaban J connectivity index is 2.62. The molecule has 8 heteroatoms. The Labute approximate surface area is 109 Å². The molecule has 0 saturated heterocycles. The molecular weight excluding hydrogens is 286 g/mol. The molecule has 105 valence electrons. The van der Waals surface area contributed by atoms with E-state index in [1.165, 1.54) is 12.1 Å². The van der Waals surface area contributed by atoms with Crippen molar-refractivity contribution in [2.75, 3.05) is 0 Å². The van der Waals surface area contributed by atoms with Gasteiger partial charge in [0, 0.05) is 5.56 Å². The minimum absolute atomic E-state index is 0.0305. The summed E-state index contributed by atoms with van der Waals surface area (Å²) < 4.78 is 75.9. The van der Waals surface area contributed by atoms with E-state index < -0.39 is 23.5 Å². The third-order valence-corrected chi connectivity index (χ3v) is 2.46. The van der Waals surface area contributed by atoms with Crippen LogP contribution in [0.4, 0.5) is 26.3 Å². The van der Waals surface area contributed by atoms with Crippen LogP contribution < -0.4 is 0 Å². The minimum atomic E-state index is -5.12. The molecule has 1 aromatic heterocycles. The van der Waals surface area contributed by atoms with Crippen LogP contribution in [0.5, 0.6) is 0 Å². The molecule has 2 rings (SSSR count). The van der Waals surface area contributed by atoms with Crippen molar-refractivity contribution in [1.29, 1.82) is 0 Å². The van der Waals surface area contributed by atoms with Gasteiger partial charge in [0.05, 0.1) is 16.8 Å². The van der Waals surface area contributed by atoms with Crippen molar-refractivity contribution in [3.8, 4) is 11.3 Å². The molecule has 1 radical (unpaired) electrons. The molecule has 0 aliphatic rings. The van der Waals surface area contributed by atoms with E-state index >= 15 is 0 Å². The van der Waals surface area contributed by atoms with E-state index in [0.29, 0.717) is 12.1 Å². The summed E-state index contributed by atoms with van der Waals surface area (Å²) in [6, 6.07) is 4.31. The Bertz CT molecular complexity index is 604. The van der Waals surface area contributed by atoms with Crippen LogP contribution in [0, 0.1) is 6.20 Å². The molecule has 20 heavy (non-hydrogen) atoms. The number of nitrogens with zero attached hydrogens (tertiary/aromatic N) is 2. The Kier molecular flexibility index (Phi) is 3.41. The molecule has 1 aromatic carbocycles. The maximum atomic E-state index is 12.7. The lowest BCUT2D eigenvalue weighted by molar-refractivity contribution is -0.162. The van der Waals surface area contributed by atoms with Gasteiger partial charge in [0.15, 0.2) is 0 Å². The summed E-state index contributed by atoms with van der Waals surface area (Å²) >= 11 is 0. The van der Waals surface area contributed by atoms with Crippen molar-refractivity contribution in [2.24, 2.45) is 0 Å². The summed E-state index contributed by atoms with van der Waals surface area (Å²) in [6.07, 6.45) is -7.88. The Hall–Kier alpha value is -2.12. The SMILES string of the molecule is FC(F)(F)c1ccc(-c2cc[c]nn2)cc1C(F)(F)F. The summed E-state index contributed by atoms with van der Waals surface area (Å²) in [6.45, 7) is 0. The van der Waals surface area contributed by atoms with E-state index in [2.05, 4.69) is 16.4 Å². The second-order valence-corrected chi connectivity index (χ2v) is 3.80. The van der Waals surface area contributed by atoms with Crippen molar-refractivity contribution >= 4 is 0 Å². The molecule has 0 amide bonds. The molecule has 0 unspecified atom stereocenters. The molecule has 0 fully saturated rings. The minimum Gasteiger partial charge on any atom is -0.166 e. The number of benzene rings is 1. The van der Waals surface area contributed by atoms with E-state index in [9.17, 15) is 26.3 Å². The third-order valence-electron chi connectivity index (χ3n) is 2.46. The quantitative estimate of drug-likeness (QED) is 0.743. The summed E-state index contributed by atoms with van der Waals surface area (Å²) in [5.41, 5.74) is -3.56. The van der Waals surface area contributed by atoms with Crippen molar-refractivity contribution in [1.82, 2.24) is 10.2 Å². The first-order valence-corrected chi connectivity index (χ1v) is 5.18. The van der Waals surface area contributed by atoms with E-state index in [4.69, 9.17) is 0 Å². The Morgan fingerprint density at radius 1 is 0.850 bits per heavy atom. The third kappa shape index (κ3) is 2.89. The fourth-order valence-corrected chi connectivity index (χ4v) is 1.60. The van der Waals surface area contributed by atoms with Crippen molar-refractivity contribution in [2.45, 2.75) is 12.4 Å². The molecule has 0 bridgehead atoms. The van der Waals surface area contributed by atoms with Crippen LogP contribution >= 0.6 is 0 Å². The van der Waals surface area contributed by atoms with E-state index in [1.54, 1.807) is 0 Å². The van der Waals surface area contributed by atoms with Gasteiger partial charge in [-0.15, -0.1) is 10.2 Å². The van der Waals surface area contributed by atoms with Gasteiger partial charge in [0.2, 0.25) is 0 Å². The number of halogens is 6. The van der Waals surface area contributed by atoms with Crippen LogP contribution in [0.15, 0.2) is 30.3 Å². The number of hydrogen-bond acceptors (Lipinski definition) is 2. The highest BCUT2D eigenvalue weighted by molar-refractivity contribution is 5.61. The second kappa shape index (κ2) is 4.77. The van der Waals surface area contributed by atoms with Gasteiger partial charge in [-0.05, 0) is 24.3 Å². The monoisotopic (exact) mass is 291 g/mol. The van der Waals surface area contributed by atoms with Gasteiger partial charge in [-0.2, -0.15) is 26.3 Å². The molecule has 2 nitrogen and oxygen atoms in total. The fraction of sp³-hybridized carbons (Fsp3) is 0.167. The Morgan fingerprint density at radius 2 is 1.50 bits per heavy atom. The van der Waals surface area contributed by atoms with Crippen LogP contribution in [0.2, 0.25) is 0 Å². The summed E-state index contributed by atoms with van der Waals surface area (Å²) in [7, 11) is 0. The highest BCUT2D eigenvalue weighted by Gasteiger charge is 2.43. The van der Waals surface area contributed by atoms with Crippen LogP contribution in [0.1, 0.15) is 11.1 Å². The predicted octanol–water partition coefficient (Wildman–Crippen LogP) is 3.98. The topological polar surface area (TPSA) is 25.8 Å². The maximum Gasteiger partial charge on any atom is 0.417 e. The molecule has 0 N–H and O–H groups in total. The maximum absolute atomic E-state index is 12.7. The van der Waals surface area contributed by atoms with Crippen LogP contribution in [-0.4, -0.2) is 10.2 Å². The van der Waals surface area contributed by atoms with Crippen molar-refractivity contribution < 1.29 is 26.3 Å². The highest BCUT2D eigenvalue weighted by atomic mass is 19.4. The zero-order chi connectivity index (χ0) is 15.0. The summed E-state index contributed by atoms with van der Waals surface area (Å²) in [4.78, 5) is 0. The summed E-state index contributed by atoms with van der Waals surface area (Å²) in [5, 5.41) is 6.86. The number of hydrogen-bond donors (Lipinski definition) is 0. The highest BCUT2D eigenvalue weighted by Crippen LogP contribution is 2.41. The smallest absolute Gasteiger partial charge is 0.166 e. The molecule has 0 aliphatic heterocycles. The number of rotatable bonds is 1.